The van der Waals surface area contributed by atoms with Gasteiger partial charge in [-0.3, -0.25) is 0 Å². The van der Waals surface area contributed by atoms with Crippen LogP contribution in [0, 0.1) is 5.41 Å². The summed E-state index contributed by atoms with van der Waals surface area (Å²) in [6, 6.07) is 0.838. The van der Waals surface area contributed by atoms with Crippen molar-refractivity contribution < 1.29 is 13.2 Å². The summed E-state index contributed by atoms with van der Waals surface area (Å²) in [6.07, 6.45) is -2.67. The molecule has 1 aliphatic carbocycles. The molecule has 0 radical (unpaired) electrons. The molecule has 1 aromatic rings. The number of halogens is 4. The average Bonchev–Trinajstić information content (AvgIpc) is 2.28. The van der Waals surface area contributed by atoms with Crippen molar-refractivity contribution in [2.45, 2.75) is 37.9 Å². The quantitative estimate of drug-likeness (QED) is 0.844. The third kappa shape index (κ3) is 2.39. The molecule has 0 saturated heterocycles. The van der Waals surface area contributed by atoms with E-state index in [4.69, 9.17) is 11.6 Å². The second-order valence-electron chi connectivity index (χ2n) is 4.98. The Morgan fingerprint density at radius 3 is 2.61 bits per heavy atom. The summed E-state index contributed by atoms with van der Waals surface area (Å²) in [5.74, 6) is -0.00790. The summed E-state index contributed by atoms with van der Waals surface area (Å²) < 4.78 is 37.4. The smallest absolute Gasteiger partial charge is 0.351 e. The zero-order valence-corrected chi connectivity index (χ0v) is 10.7. The number of alkyl halides is 4. The number of aromatic nitrogens is 2. The van der Waals surface area contributed by atoms with Crippen LogP contribution < -0.4 is 5.32 Å². The standard InChI is InChI=1S/C11H13ClF3N3/c1-10(2)6(12)5-8(10)18-9-16-4-3-7(17-9)11(13,14)15/h3-4,6,8H,5H2,1-2H3,(H,16,17,18). The lowest BCUT2D eigenvalue weighted by Crippen LogP contribution is -2.54. The van der Waals surface area contributed by atoms with Crippen LogP contribution in [0.15, 0.2) is 12.3 Å². The normalized spacial score (nSPS) is 26.6. The molecule has 7 heteroatoms. The maximum Gasteiger partial charge on any atom is 0.433 e. The summed E-state index contributed by atoms with van der Waals surface area (Å²) in [5.41, 5.74) is -1.13. The van der Waals surface area contributed by atoms with Crippen molar-refractivity contribution in [2.75, 3.05) is 5.32 Å². The van der Waals surface area contributed by atoms with Crippen molar-refractivity contribution >= 4 is 17.5 Å². The van der Waals surface area contributed by atoms with Crippen LogP contribution in [0.3, 0.4) is 0 Å². The Bertz CT molecular complexity index is 447. The molecule has 2 unspecified atom stereocenters. The van der Waals surface area contributed by atoms with Crippen molar-refractivity contribution in [3.63, 3.8) is 0 Å². The molecule has 1 aliphatic rings. The van der Waals surface area contributed by atoms with Crippen molar-refractivity contribution in [3.05, 3.63) is 18.0 Å². The average molecular weight is 280 g/mol. The third-order valence-corrected chi connectivity index (χ3v) is 4.14. The number of rotatable bonds is 2. The molecule has 0 aliphatic heterocycles. The molecule has 18 heavy (non-hydrogen) atoms. The van der Waals surface area contributed by atoms with E-state index in [-0.39, 0.29) is 22.8 Å². The predicted octanol–water partition coefficient (Wildman–Crippen LogP) is 3.31. The van der Waals surface area contributed by atoms with E-state index < -0.39 is 11.9 Å². The van der Waals surface area contributed by atoms with Gasteiger partial charge < -0.3 is 5.32 Å². The van der Waals surface area contributed by atoms with E-state index in [0.717, 1.165) is 12.3 Å². The van der Waals surface area contributed by atoms with E-state index in [9.17, 15) is 13.2 Å². The Morgan fingerprint density at radius 1 is 1.44 bits per heavy atom. The van der Waals surface area contributed by atoms with E-state index in [1.54, 1.807) is 0 Å². The zero-order valence-electron chi connectivity index (χ0n) is 9.92. The van der Waals surface area contributed by atoms with Crippen LogP contribution in [0.1, 0.15) is 26.0 Å². The van der Waals surface area contributed by atoms with Crippen LogP contribution in [-0.4, -0.2) is 21.4 Å². The van der Waals surface area contributed by atoms with Gasteiger partial charge in [-0.05, 0) is 12.5 Å². The molecule has 0 aromatic carbocycles. The molecule has 0 spiro atoms. The fourth-order valence-corrected chi connectivity index (χ4v) is 2.19. The number of nitrogens with zero attached hydrogens (tertiary/aromatic N) is 2. The largest absolute Gasteiger partial charge is 0.433 e. The maximum atomic E-state index is 12.5. The van der Waals surface area contributed by atoms with Crippen LogP contribution in [-0.2, 0) is 6.18 Å². The fraction of sp³-hybridized carbons (Fsp3) is 0.636. The molecule has 1 fully saturated rings. The van der Waals surface area contributed by atoms with Gasteiger partial charge in [-0.25, -0.2) is 9.97 Å². The number of anilines is 1. The number of hydrogen-bond donors (Lipinski definition) is 1. The first-order valence-electron chi connectivity index (χ1n) is 5.52. The Kier molecular flexibility index (Phi) is 3.17. The Morgan fingerprint density at radius 2 is 2.11 bits per heavy atom. The molecule has 1 aromatic heterocycles. The molecular formula is C11H13ClF3N3. The predicted molar refractivity (Wildman–Crippen MR) is 62.5 cm³/mol. The molecule has 2 atom stereocenters. The summed E-state index contributed by atoms with van der Waals surface area (Å²) in [6.45, 7) is 3.92. The van der Waals surface area contributed by atoms with E-state index in [2.05, 4.69) is 15.3 Å². The minimum absolute atomic E-state index is 0.00790. The molecule has 0 amide bonds. The second kappa shape index (κ2) is 4.26. The van der Waals surface area contributed by atoms with Gasteiger partial charge >= 0.3 is 6.18 Å². The van der Waals surface area contributed by atoms with Gasteiger partial charge in [0.25, 0.3) is 0 Å². The molecule has 2 rings (SSSR count). The highest BCUT2D eigenvalue weighted by atomic mass is 35.5. The van der Waals surface area contributed by atoms with E-state index in [1.165, 1.54) is 0 Å². The van der Waals surface area contributed by atoms with E-state index >= 15 is 0 Å². The fourth-order valence-electron chi connectivity index (χ4n) is 1.86. The minimum Gasteiger partial charge on any atom is -0.351 e. The summed E-state index contributed by atoms with van der Waals surface area (Å²) in [7, 11) is 0. The summed E-state index contributed by atoms with van der Waals surface area (Å²) in [5, 5.41) is 2.92. The molecule has 1 saturated carbocycles. The Labute approximate surface area is 108 Å². The first-order chi connectivity index (χ1) is 8.21. The molecule has 100 valence electrons. The van der Waals surface area contributed by atoms with Gasteiger partial charge in [-0.15, -0.1) is 11.6 Å². The van der Waals surface area contributed by atoms with Crippen molar-refractivity contribution in [3.8, 4) is 0 Å². The molecular weight excluding hydrogens is 267 g/mol. The van der Waals surface area contributed by atoms with Gasteiger partial charge in [0.15, 0.2) is 0 Å². The molecule has 3 nitrogen and oxygen atoms in total. The number of hydrogen-bond acceptors (Lipinski definition) is 3. The lowest BCUT2D eigenvalue weighted by molar-refractivity contribution is -0.141. The lowest BCUT2D eigenvalue weighted by Gasteiger charge is -2.49. The SMILES string of the molecule is CC1(C)C(Cl)CC1Nc1nccc(C(F)(F)F)n1. The zero-order chi connectivity index (χ0) is 13.6. The molecule has 1 heterocycles. The topological polar surface area (TPSA) is 37.8 Å². The van der Waals surface area contributed by atoms with Crippen LogP contribution in [0.25, 0.3) is 0 Å². The monoisotopic (exact) mass is 279 g/mol. The van der Waals surface area contributed by atoms with Crippen molar-refractivity contribution in [1.29, 1.82) is 0 Å². The van der Waals surface area contributed by atoms with Crippen molar-refractivity contribution in [1.82, 2.24) is 9.97 Å². The first-order valence-corrected chi connectivity index (χ1v) is 5.96. The van der Waals surface area contributed by atoms with Crippen LogP contribution in [0.5, 0.6) is 0 Å². The van der Waals surface area contributed by atoms with Gasteiger partial charge in [0.2, 0.25) is 5.95 Å². The van der Waals surface area contributed by atoms with Crippen LogP contribution >= 0.6 is 11.6 Å². The van der Waals surface area contributed by atoms with E-state index in [1.807, 2.05) is 13.8 Å². The maximum absolute atomic E-state index is 12.5. The van der Waals surface area contributed by atoms with E-state index in [0.29, 0.717) is 6.42 Å². The van der Waals surface area contributed by atoms with Crippen LogP contribution in [0.4, 0.5) is 19.1 Å². The Hall–Kier alpha value is -1.04. The van der Waals surface area contributed by atoms with Gasteiger partial charge in [0, 0.05) is 23.0 Å². The molecule has 1 N–H and O–H groups in total. The Balaban J connectivity index is 2.12. The highest BCUT2D eigenvalue weighted by molar-refractivity contribution is 6.21. The number of nitrogens with one attached hydrogen (secondary N) is 1. The molecule has 0 bridgehead atoms. The third-order valence-electron chi connectivity index (χ3n) is 3.40. The lowest BCUT2D eigenvalue weighted by atomic mass is 9.67. The van der Waals surface area contributed by atoms with Crippen molar-refractivity contribution in [2.24, 2.45) is 5.41 Å². The summed E-state index contributed by atoms with van der Waals surface area (Å²) >= 11 is 6.04. The summed E-state index contributed by atoms with van der Waals surface area (Å²) in [4.78, 5) is 7.27. The highest BCUT2D eigenvalue weighted by Gasteiger charge is 2.47. The van der Waals surface area contributed by atoms with Gasteiger partial charge in [-0.2, -0.15) is 13.2 Å². The van der Waals surface area contributed by atoms with Gasteiger partial charge in [-0.1, -0.05) is 13.8 Å². The van der Waals surface area contributed by atoms with Gasteiger partial charge in [0.05, 0.1) is 0 Å². The first kappa shape index (κ1) is 13.4. The van der Waals surface area contributed by atoms with Crippen LogP contribution in [0.2, 0.25) is 0 Å². The minimum atomic E-state index is -4.45. The van der Waals surface area contributed by atoms with Gasteiger partial charge in [0.1, 0.15) is 5.69 Å². The second-order valence-corrected chi connectivity index (χ2v) is 5.51. The highest BCUT2D eigenvalue weighted by Crippen LogP contribution is 2.45.